The van der Waals surface area contributed by atoms with Crippen molar-refractivity contribution in [1.82, 2.24) is 20.0 Å². The number of hydrogen-bond acceptors (Lipinski definition) is 4. The third kappa shape index (κ3) is 2.82. The topological polar surface area (TPSA) is 73.0 Å². The highest BCUT2D eigenvalue weighted by Gasteiger charge is 2.39. The van der Waals surface area contributed by atoms with E-state index in [0.717, 1.165) is 38.8 Å². The number of amides is 4. The van der Waals surface area contributed by atoms with Gasteiger partial charge in [0.1, 0.15) is 0 Å². The van der Waals surface area contributed by atoms with Crippen molar-refractivity contribution in [2.45, 2.75) is 44.7 Å². The molecule has 3 rings (SSSR count). The van der Waals surface area contributed by atoms with Gasteiger partial charge in [-0.25, -0.2) is 4.79 Å². The Hall–Kier alpha value is -1.63. The second-order valence-corrected chi connectivity index (χ2v) is 6.37. The predicted octanol–water partition coefficient (Wildman–Crippen LogP) is 0.0135. The summed E-state index contributed by atoms with van der Waals surface area (Å²) >= 11 is 0. The Kier molecular flexibility index (Phi) is 4.33. The molecule has 122 valence electrons. The SMILES string of the molecule is CC(=O)N1CCC[C@@H]1[C@H]1CCCN1CCN1C(=O)CNC1=O. The number of likely N-dealkylation sites (tertiary alicyclic amines) is 2. The first-order valence-corrected chi connectivity index (χ1v) is 8.17. The Labute approximate surface area is 130 Å². The minimum Gasteiger partial charge on any atom is -0.338 e. The van der Waals surface area contributed by atoms with Gasteiger partial charge in [-0.3, -0.25) is 19.4 Å². The van der Waals surface area contributed by atoms with Gasteiger partial charge in [-0.1, -0.05) is 0 Å². The molecule has 3 aliphatic heterocycles. The van der Waals surface area contributed by atoms with Crippen LogP contribution in [0.2, 0.25) is 0 Å². The molecule has 4 amide bonds. The summed E-state index contributed by atoms with van der Waals surface area (Å²) in [6.07, 6.45) is 4.34. The molecule has 0 aliphatic carbocycles. The van der Waals surface area contributed by atoms with Crippen molar-refractivity contribution < 1.29 is 14.4 Å². The minimum absolute atomic E-state index is 0.114. The summed E-state index contributed by atoms with van der Waals surface area (Å²) in [6, 6.07) is 0.377. The van der Waals surface area contributed by atoms with Gasteiger partial charge in [0.05, 0.1) is 6.54 Å². The Morgan fingerprint density at radius 1 is 1.14 bits per heavy atom. The van der Waals surface area contributed by atoms with Crippen LogP contribution in [0.3, 0.4) is 0 Å². The third-order valence-corrected chi connectivity index (χ3v) is 5.11. The first kappa shape index (κ1) is 15.3. The maximum Gasteiger partial charge on any atom is 0.324 e. The summed E-state index contributed by atoms with van der Waals surface area (Å²) < 4.78 is 0. The molecular weight excluding hydrogens is 284 g/mol. The zero-order valence-electron chi connectivity index (χ0n) is 13.1. The van der Waals surface area contributed by atoms with Gasteiger partial charge in [-0.2, -0.15) is 0 Å². The van der Waals surface area contributed by atoms with Gasteiger partial charge in [0.15, 0.2) is 0 Å². The van der Waals surface area contributed by atoms with E-state index in [1.165, 1.54) is 4.90 Å². The Morgan fingerprint density at radius 2 is 1.86 bits per heavy atom. The Morgan fingerprint density at radius 3 is 2.55 bits per heavy atom. The van der Waals surface area contributed by atoms with Gasteiger partial charge in [0, 0.05) is 38.6 Å². The van der Waals surface area contributed by atoms with Gasteiger partial charge < -0.3 is 10.2 Å². The molecule has 3 saturated heterocycles. The summed E-state index contributed by atoms with van der Waals surface area (Å²) in [6.45, 7) is 4.74. The van der Waals surface area contributed by atoms with Crippen molar-refractivity contribution in [3.8, 4) is 0 Å². The molecule has 3 aliphatic rings. The molecule has 7 nitrogen and oxygen atoms in total. The highest BCUT2D eigenvalue weighted by molar-refractivity contribution is 6.01. The van der Waals surface area contributed by atoms with E-state index in [-0.39, 0.29) is 24.4 Å². The van der Waals surface area contributed by atoms with Crippen molar-refractivity contribution in [2.75, 3.05) is 32.7 Å². The number of nitrogens with zero attached hydrogens (tertiary/aromatic N) is 3. The molecular formula is C15H24N4O3. The van der Waals surface area contributed by atoms with E-state index in [2.05, 4.69) is 10.2 Å². The van der Waals surface area contributed by atoms with Crippen molar-refractivity contribution in [1.29, 1.82) is 0 Å². The quantitative estimate of drug-likeness (QED) is 0.743. The smallest absolute Gasteiger partial charge is 0.324 e. The largest absolute Gasteiger partial charge is 0.338 e. The van der Waals surface area contributed by atoms with E-state index in [1.807, 2.05) is 4.90 Å². The molecule has 0 aromatic heterocycles. The Bertz CT molecular complexity index is 465. The predicted molar refractivity (Wildman–Crippen MR) is 80.1 cm³/mol. The summed E-state index contributed by atoms with van der Waals surface area (Å²) in [7, 11) is 0. The lowest BCUT2D eigenvalue weighted by molar-refractivity contribution is -0.130. The zero-order valence-corrected chi connectivity index (χ0v) is 13.1. The molecule has 0 unspecified atom stereocenters. The lowest BCUT2D eigenvalue weighted by atomic mass is 10.0. The van der Waals surface area contributed by atoms with Crippen LogP contribution < -0.4 is 5.32 Å². The lowest BCUT2D eigenvalue weighted by Crippen LogP contribution is -2.49. The van der Waals surface area contributed by atoms with E-state index >= 15 is 0 Å². The maximum atomic E-state index is 11.8. The molecule has 0 aromatic rings. The number of hydrogen-bond donors (Lipinski definition) is 1. The van der Waals surface area contributed by atoms with Crippen LogP contribution in [0.25, 0.3) is 0 Å². The van der Waals surface area contributed by atoms with E-state index in [1.54, 1.807) is 6.92 Å². The molecule has 2 atom stereocenters. The van der Waals surface area contributed by atoms with Crippen molar-refractivity contribution in [3.63, 3.8) is 0 Å². The fourth-order valence-corrected chi connectivity index (χ4v) is 4.06. The summed E-state index contributed by atoms with van der Waals surface area (Å²) in [5.74, 6) is 0.00965. The van der Waals surface area contributed by atoms with Crippen LogP contribution in [-0.4, -0.2) is 77.4 Å². The molecule has 7 heteroatoms. The third-order valence-electron chi connectivity index (χ3n) is 5.11. The monoisotopic (exact) mass is 308 g/mol. The van der Waals surface area contributed by atoms with Crippen LogP contribution >= 0.6 is 0 Å². The van der Waals surface area contributed by atoms with E-state index in [4.69, 9.17) is 0 Å². The molecule has 3 heterocycles. The average Bonchev–Trinajstić information content (AvgIpc) is 3.17. The van der Waals surface area contributed by atoms with Gasteiger partial charge in [0.2, 0.25) is 11.8 Å². The van der Waals surface area contributed by atoms with Crippen LogP contribution in [-0.2, 0) is 9.59 Å². The molecule has 0 bridgehead atoms. The number of carbonyl (C=O) groups excluding carboxylic acids is 3. The van der Waals surface area contributed by atoms with Crippen molar-refractivity contribution in [3.05, 3.63) is 0 Å². The van der Waals surface area contributed by atoms with Gasteiger partial charge in [0.25, 0.3) is 0 Å². The lowest BCUT2D eigenvalue weighted by Gasteiger charge is -2.35. The summed E-state index contributed by atoms with van der Waals surface area (Å²) in [5.41, 5.74) is 0. The van der Waals surface area contributed by atoms with Crippen LogP contribution in [0.4, 0.5) is 4.79 Å². The van der Waals surface area contributed by atoms with Gasteiger partial charge in [-0.15, -0.1) is 0 Å². The number of imide groups is 1. The Balaban J connectivity index is 1.60. The highest BCUT2D eigenvalue weighted by Crippen LogP contribution is 2.29. The first-order valence-electron chi connectivity index (χ1n) is 8.17. The normalized spacial score (nSPS) is 29.5. The van der Waals surface area contributed by atoms with Crippen LogP contribution in [0.15, 0.2) is 0 Å². The minimum atomic E-state index is -0.285. The number of rotatable bonds is 4. The summed E-state index contributed by atoms with van der Waals surface area (Å²) in [5, 5.41) is 2.55. The van der Waals surface area contributed by atoms with E-state index in [0.29, 0.717) is 25.2 Å². The standard InChI is InChI=1S/C15H24N4O3/c1-11(20)18-7-3-5-13(18)12-4-2-6-17(12)8-9-19-14(21)10-16-15(19)22/h12-13H,2-10H2,1H3,(H,16,22)/t12-,13-/m1/s1. The number of nitrogens with one attached hydrogen (secondary N) is 1. The zero-order chi connectivity index (χ0) is 15.7. The van der Waals surface area contributed by atoms with Crippen LogP contribution in [0.1, 0.15) is 32.6 Å². The molecule has 0 spiro atoms. The van der Waals surface area contributed by atoms with E-state index in [9.17, 15) is 14.4 Å². The molecule has 1 N–H and O–H groups in total. The van der Waals surface area contributed by atoms with E-state index < -0.39 is 0 Å². The van der Waals surface area contributed by atoms with Crippen LogP contribution in [0.5, 0.6) is 0 Å². The fraction of sp³-hybridized carbons (Fsp3) is 0.800. The highest BCUT2D eigenvalue weighted by atomic mass is 16.2. The molecule has 0 saturated carbocycles. The first-order chi connectivity index (χ1) is 10.6. The van der Waals surface area contributed by atoms with Gasteiger partial charge >= 0.3 is 6.03 Å². The maximum absolute atomic E-state index is 11.8. The van der Waals surface area contributed by atoms with Crippen LogP contribution in [0, 0.1) is 0 Å². The second-order valence-electron chi connectivity index (χ2n) is 6.37. The molecule has 0 radical (unpaired) electrons. The molecule has 3 fully saturated rings. The number of urea groups is 1. The fourth-order valence-electron chi connectivity index (χ4n) is 4.06. The summed E-state index contributed by atoms with van der Waals surface area (Å²) in [4.78, 5) is 40.7. The van der Waals surface area contributed by atoms with Crippen molar-refractivity contribution >= 4 is 17.8 Å². The molecule has 22 heavy (non-hydrogen) atoms. The number of carbonyl (C=O) groups is 3. The van der Waals surface area contributed by atoms with Crippen molar-refractivity contribution in [2.24, 2.45) is 0 Å². The second kappa shape index (κ2) is 6.24. The molecule has 0 aromatic carbocycles. The van der Waals surface area contributed by atoms with Gasteiger partial charge in [-0.05, 0) is 32.2 Å². The average molecular weight is 308 g/mol.